The Hall–Kier alpha value is -3.82. The zero-order valence-electron chi connectivity index (χ0n) is 23.6. The fourth-order valence-electron chi connectivity index (χ4n) is 4.46. The van der Waals surface area contributed by atoms with E-state index in [2.05, 4.69) is 4.98 Å². The average Bonchev–Trinajstić information content (AvgIpc) is 3.43. The Kier molecular flexibility index (Phi) is 7.87. The molecule has 0 aliphatic carbocycles. The number of para-hydroxylation sites is 1. The standard InChI is InChI=1S/C31H34BNO7/c1-6-35-28(34)15-21-11-7-8-13-26(21)36-18-22-19-38-29-25(22)16-23(32-39-30(2,3)31(4,5)40-32)17-27(29)37-20-24-12-9-10-14-33-24/h7-14,16-17,19H,6,15,18,20H2,1-5H3. The number of esters is 1. The van der Waals surface area contributed by atoms with Crippen molar-refractivity contribution in [1.29, 1.82) is 0 Å². The lowest BCUT2D eigenvalue weighted by atomic mass is 9.78. The highest BCUT2D eigenvalue weighted by molar-refractivity contribution is 6.62. The van der Waals surface area contributed by atoms with Crippen molar-refractivity contribution in [2.75, 3.05) is 6.61 Å². The molecule has 0 N–H and O–H groups in total. The second kappa shape index (κ2) is 11.4. The Morgan fingerprint density at radius 2 is 1.62 bits per heavy atom. The summed E-state index contributed by atoms with van der Waals surface area (Å²) in [6.45, 7) is 10.7. The van der Waals surface area contributed by atoms with Gasteiger partial charge in [0.2, 0.25) is 0 Å². The maximum Gasteiger partial charge on any atom is 0.494 e. The van der Waals surface area contributed by atoms with Gasteiger partial charge in [0, 0.05) is 22.7 Å². The summed E-state index contributed by atoms with van der Waals surface area (Å²) in [5.74, 6) is 0.870. The fraction of sp³-hybridized carbons (Fsp3) is 0.355. The van der Waals surface area contributed by atoms with E-state index in [0.29, 0.717) is 23.7 Å². The topological polar surface area (TPSA) is 89.3 Å². The molecule has 0 radical (unpaired) electrons. The number of hydrogen-bond donors (Lipinski definition) is 0. The molecular weight excluding hydrogens is 509 g/mol. The van der Waals surface area contributed by atoms with E-state index in [0.717, 1.165) is 27.7 Å². The average molecular weight is 543 g/mol. The highest BCUT2D eigenvalue weighted by Crippen LogP contribution is 2.38. The van der Waals surface area contributed by atoms with E-state index in [4.69, 9.17) is 27.9 Å². The van der Waals surface area contributed by atoms with Gasteiger partial charge in [-0.25, -0.2) is 0 Å². The second-order valence-electron chi connectivity index (χ2n) is 10.7. The number of furan rings is 1. The highest BCUT2D eigenvalue weighted by atomic mass is 16.7. The van der Waals surface area contributed by atoms with Gasteiger partial charge in [-0.3, -0.25) is 9.78 Å². The largest absolute Gasteiger partial charge is 0.494 e. The van der Waals surface area contributed by atoms with Crippen molar-refractivity contribution >= 4 is 29.5 Å². The van der Waals surface area contributed by atoms with E-state index < -0.39 is 18.3 Å². The minimum absolute atomic E-state index is 0.133. The Bertz CT molecular complexity index is 1470. The van der Waals surface area contributed by atoms with Crippen LogP contribution in [0.15, 0.2) is 71.5 Å². The third kappa shape index (κ3) is 5.86. The van der Waals surface area contributed by atoms with Crippen molar-refractivity contribution in [2.24, 2.45) is 0 Å². The summed E-state index contributed by atoms with van der Waals surface area (Å²) in [6.07, 6.45) is 3.53. The third-order valence-electron chi connectivity index (χ3n) is 7.37. The zero-order chi connectivity index (χ0) is 28.3. The molecule has 5 rings (SSSR count). The van der Waals surface area contributed by atoms with Gasteiger partial charge >= 0.3 is 13.1 Å². The Morgan fingerprint density at radius 1 is 0.900 bits per heavy atom. The first-order valence-corrected chi connectivity index (χ1v) is 13.5. The molecule has 1 saturated heterocycles. The molecule has 0 bridgehead atoms. The number of hydrogen-bond acceptors (Lipinski definition) is 8. The van der Waals surface area contributed by atoms with Crippen LogP contribution in [-0.4, -0.2) is 35.9 Å². The van der Waals surface area contributed by atoms with Crippen LogP contribution in [0.5, 0.6) is 11.5 Å². The van der Waals surface area contributed by atoms with Crippen LogP contribution in [0.25, 0.3) is 11.0 Å². The summed E-state index contributed by atoms with van der Waals surface area (Å²) in [6, 6.07) is 17.0. The van der Waals surface area contributed by atoms with Gasteiger partial charge in [0.15, 0.2) is 11.3 Å². The first kappa shape index (κ1) is 27.7. The lowest BCUT2D eigenvalue weighted by Crippen LogP contribution is -2.41. The fourth-order valence-corrected chi connectivity index (χ4v) is 4.46. The normalized spacial score (nSPS) is 15.8. The summed E-state index contributed by atoms with van der Waals surface area (Å²) in [4.78, 5) is 16.5. The lowest BCUT2D eigenvalue weighted by molar-refractivity contribution is -0.142. The molecule has 3 heterocycles. The predicted molar refractivity (Wildman–Crippen MR) is 152 cm³/mol. The number of rotatable bonds is 10. The first-order valence-electron chi connectivity index (χ1n) is 13.5. The smallest absolute Gasteiger partial charge is 0.488 e. The molecule has 8 nitrogen and oxygen atoms in total. The number of aromatic nitrogens is 1. The quantitative estimate of drug-likeness (QED) is 0.194. The summed E-state index contributed by atoms with van der Waals surface area (Å²) in [5, 5.41) is 0.825. The van der Waals surface area contributed by atoms with E-state index in [1.165, 1.54) is 0 Å². The Morgan fingerprint density at radius 3 is 2.35 bits per heavy atom. The van der Waals surface area contributed by atoms with Gasteiger partial charge in [0.05, 0.1) is 36.2 Å². The molecule has 0 unspecified atom stereocenters. The summed E-state index contributed by atoms with van der Waals surface area (Å²) >= 11 is 0. The van der Waals surface area contributed by atoms with Crippen molar-refractivity contribution in [3.05, 3.63) is 83.9 Å². The van der Waals surface area contributed by atoms with Gasteiger partial charge in [-0.15, -0.1) is 0 Å². The molecule has 1 fully saturated rings. The number of ether oxygens (including phenoxy) is 3. The van der Waals surface area contributed by atoms with Crippen LogP contribution in [0.2, 0.25) is 0 Å². The van der Waals surface area contributed by atoms with Crippen molar-refractivity contribution in [3.63, 3.8) is 0 Å². The van der Waals surface area contributed by atoms with E-state index in [1.807, 2.05) is 82.3 Å². The maximum absolute atomic E-state index is 12.1. The second-order valence-corrected chi connectivity index (χ2v) is 10.7. The van der Waals surface area contributed by atoms with Crippen LogP contribution in [0.1, 0.15) is 51.4 Å². The highest BCUT2D eigenvalue weighted by Gasteiger charge is 2.52. The molecule has 9 heteroatoms. The van der Waals surface area contributed by atoms with Crippen LogP contribution < -0.4 is 14.9 Å². The molecule has 2 aromatic carbocycles. The van der Waals surface area contributed by atoms with E-state index >= 15 is 0 Å². The number of carbonyl (C=O) groups excluding carboxylic acids is 1. The van der Waals surface area contributed by atoms with Crippen LogP contribution >= 0.6 is 0 Å². The molecule has 1 aliphatic heterocycles. The summed E-state index contributed by atoms with van der Waals surface area (Å²) < 4.78 is 36.2. The molecule has 4 aromatic rings. The monoisotopic (exact) mass is 543 g/mol. The lowest BCUT2D eigenvalue weighted by Gasteiger charge is -2.32. The van der Waals surface area contributed by atoms with Crippen LogP contribution in [0.3, 0.4) is 0 Å². The zero-order valence-corrected chi connectivity index (χ0v) is 23.6. The van der Waals surface area contributed by atoms with Crippen molar-refractivity contribution in [2.45, 2.75) is 65.5 Å². The van der Waals surface area contributed by atoms with Crippen molar-refractivity contribution < 1.29 is 32.7 Å². The Labute approximate surface area is 234 Å². The minimum Gasteiger partial charge on any atom is -0.488 e. The summed E-state index contributed by atoms with van der Waals surface area (Å²) in [7, 11) is -0.583. The molecule has 40 heavy (non-hydrogen) atoms. The molecule has 0 atom stereocenters. The molecule has 1 aliphatic rings. The van der Waals surface area contributed by atoms with E-state index in [1.54, 1.807) is 19.4 Å². The predicted octanol–water partition coefficient (Wildman–Crippen LogP) is 5.39. The van der Waals surface area contributed by atoms with Gasteiger partial charge in [0.25, 0.3) is 0 Å². The van der Waals surface area contributed by atoms with Crippen LogP contribution in [0, 0.1) is 0 Å². The van der Waals surface area contributed by atoms with Crippen molar-refractivity contribution in [3.8, 4) is 11.5 Å². The van der Waals surface area contributed by atoms with Crippen LogP contribution in [-0.2, 0) is 38.5 Å². The number of pyridine rings is 1. The SMILES string of the molecule is CCOC(=O)Cc1ccccc1OCc1coc2c(OCc3ccccn3)cc(B3OC(C)(C)C(C)(C)O3)cc12. The van der Waals surface area contributed by atoms with Crippen molar-refractivity contribution in [1.82, 2.24) is 4.98 Å². The van der Waals surface area contributed by atoms with Gasteiger partial charge < -0.3 is 27.9 Å². The summed E-state index contributed by atoms with van der Waals surface area (Å²) in [5.41, 5.74) is 2.79. The molecule has 208 valence electrons. The number of carbonyl (C=O) groups is 1. The number of benzene rings is 2. The molecule has 2 aromatic heterocycles. The third-order valence-corrected chi connectivity index (χ3v) is 7.37. The number of fused-ring (bicyclic) bond motifs is 1. The molecular formula is C31H34BNO7. The molecule has 0 amide bonds. The molecule has 0 saturated carbocycles. The minimum atomic E-state index is -0.583. The molecule has 0 spiro atoms. The maximum atomic E-state index is 12.1. The number of nitrogens with zero attached hydrogens (tertiary/aromatic N) is 1. The first-order chi connectivity index (χ1) is 19.2. The van der Waals surface area contributed by atoms with Gasteiger partial charge in [0.1, 0.15) is 19.0 Å². The van der Waals surface area contributed by atoms with Gasteiger partial charge in [-0.1, -0.05) is 30.3 Å². The Balaban J connectivity index is 1.45. The van der Waals surface area contributed by atoms with E-state index in [-0.39, 0.29) is 25.6 Å². The van der Waals surface area contributed by atoms with E-state index in [9.17, 15) is 4.79 Å². The van der Waals surface area contributed by atoms with Gasteiger partial charge in [-0.05, 0) is 64.3 Å². The van der Waals surface area contributed by atoms with Gasteiger partial charge in [-0.2, -0.15) is 0 Å². The van der Waals surface area contributed by atoms with Crippen LogP contribution in [0.4, 0.5) is 0 Å².